The molecule has 0 aliphatic rings. The van der Waals surface area contributed by atoms with Crippen LogP contribution >= 0.6 is 27.3 Å². The van der Waals surface area contributed by atoms with Crippen LogP contribution in [-0.2, 0) is 0 Å². The summed E-state index contributed by atoms with van der Waals surface area (Å²) in [5, 5.41) is 8.03. The quantitative estimate of drug-likeness (QED) is 0.452. The average molecular weight is 455 g/mol. The van der Waals surface area contributed by atoms with Crippen molar-refractivity contribution in [3.05, 3.63) is 75.7 Å². The van der Waals surface area contributed by atoms with E-state index in [1.807, 2.05) is 53.4 Å². The maximum atomic E-state index is 12.2. The van der Waals surface area contributed by atoms with Crippen molar-refractivity contribution in [2.45, 2.75) is 6.92 Å². The van der Waals surface area contributed by atoms with Crippen LogP contribution in [0.2, 0.25) is 0 Å². The molecule has 0 radical (unpaired) electrons. The van der Waals surface area contributed by atoms with Gasteiger partial charge < -0.3 is 10.6 Å². The molecule has 3 aromatic heterocycles. The number of carbonyl (C=O) groups excluding carboxylic acids is 1. The summed E-state index contributed by atoms with van der Waals surface area (Å²) in [6.07, 6.45) is 5.22. The minimum atomic E-state index is -0.132. The molecule has 2 N–H and O–H groups in total. The van der Waals surface area contributed by atoms with Crippen molar-refractivity contribution in [2.75, 3.05) is 10.6 Å². The first-order chi connectivity index (χ1) is 13.6. The fraction of sp³-hybridized carbons (Fsp3) is 0.0526. The molecule has 0 spiro atoms. The molecule has 0 unspecified atom stereocenters. The number of thiophene rings is 1. The third kappa shape index (κ3) is 4.26. The van der Waals surface area contributed by atoms with Crippen LogP contribution in [0.1, 0.15) is 15.5 Å². The predicted octanol–water partition coefficient (Wildman–Crippen LogP) is 4.79. The molecular weight excluding hydrogens is 440 g/mol. The van der Waals surface area contributed by atoms with Crippen molar-refractivity contribution in [1.82, 2.24) is 19.5 Å². The summed E-state index contributed by atoms with van der Waals surface area (Å²) in [7, 11) is 0. The third-order valence-corrected chi connectivity index (χ3v) is 5.49. The van der Waals surface area contributed by atoms with E-state index >= 15 is 0 Å². The van der Waals surface area contributed by atoms with E-state index in [0.717, 1.165) is 21.7 Å². The zero-order valence-corrected chi connectivity index (χ0v) is 17.2. The monoisotopic (exact) mass is 454 g/mol. The molecule has 9 heteroatoms. The second-order valence-corrected chi connectivity index (χ2v) is 7.74. The minimum absolute atomic E-state index is 0.132. The van der Waals surface area contributed by atoms with Crippen LogP contribution in [0.25, 0.3) is 5.82 Å². The zero-order chi connectivity index (χ0) is 19.5. The van der Waals surface area contributed by atoms with Crippen molar-refractivity contribution >= 4 is 50.4 Å². The fourth-order valence-corrected chi connectivity index (χ4v) is 3.87. The number of aromatic nitrogens is 4. The normalized spacial score (nSPS) is 10.6. The standard InChI is InChI=1S/C19H15BrN6OS/c1-12-22-17(9-18(23-12)26-7-6-21-11-26)24-14-2-4-15(5-3-14)25-19(27)16-8-13(20)10-28-16/h2-11H,1H3,(H,25,27)(H,22,23,24). The molecule has 1 aromatic carbocycles. The molecular formula is C19H15BrN6OS. The highest BCUT2D eigenvalue weighted by Gasteiger charge is 2.09. The van der Waals surface area contributed by atoms with Gasteiger partial charge in [0.1, 0.15) is 23.8 Å². The van der Waals surface area contributed by atoms with Gasteiger partial charge >= 0.3 is 0 Å². The van der Waals surface area contributed by atoms with E-state index in [1.165, 1.54) is 11.3 Å². The maximum absolute atomic E-state index is 12.2. The Morgan fingerprint density at radius 1 is 1.14 bits per heavy atom. The van der Waals surface area contributed by atoms with E-state index in [9.17, 15) is 4.79 Å². The van der Waals surface area contributed by atoms with E-state index < -0.39 is 0 Å². The number of hydrogen-bond acceptors (Lipinski definition) is 6. The number of amides is 1. The summed E-state index contributed by atoms with van der Waals surface area (Å²) >= 11 is 4.75. The number of carbonyl (C=O) groups is 1. The highest BCUT2D eigenvalue weighted by atomic mass is 79.9. The summed E-state index contributed by atoms with van der Waals surface area (Å²) < 4.78 is 2.72. The molecule has 0 saturated heterocycles. The van der Waals surface area contributed by atoms with Gasteiger partial charge in [-0.3, -0.25) is 9.36 Å². The molecule has 0 aliphatic heterocycles. The number of hydrogen-bond donors (Lipinski definition) is 2. The second kappa shape index (κ2) is 7.91. The number of rotatable bonds is 5. The van der Waals surface area contributed by atoms with Gasteiger partial charge in [0.05, 0.1) is 4.88 Å². The molecule has 3 heterocycles. The van der Waals surface area contributed by atoms with Gasteiger partial charge in [0.25, 0.3) is 5.91 Å². The number of benzene rings is 1. The summed E-state index contributed by atoms with van der Waals surface area (Å²) in [6, 6.07) is 11.1. The van der Waals surface area contributed by atoms with Crippen molar-refractivity contribution < 1.29 is 4.79 Å². The molecule has 7 nitrogen and oxygen atoms in total. The fourth-order valence-electron chi connectivity index (χ4n) is 2.55. The molecule has 1 amide bonds. The van der Waals surface area contributed by atoms with Gasteiger partial charge in [0, 0.05) is 39.7 Å². The Bertz CT molecular complexity index is 1110. The summed E-state index contributed by atoms with van der Waals surface area (Å²) in [4.78, 5) is 25.8. The highest BCUT2D eigenvalue weighted by molar-refractivity contribution is 9.10. The summed E-state index contributed by atoms with van der Waals surface area (Å²) in [5.74, 6) is 1.93. The van der Waals surface area contributed by atoms with E-state index in [1.54, 1.807) is 18.6 Å². The van der Waals surface area contributed by atoms with Crippen LogP contribution in [0.5, 0.6) is 0 Å². The molecule has 140 valence electrons. The van der Waals surface area contributed by atoms with Crippen LogP contribution < -0.4 is 10.6 Å². The van der Waals surface area contributed by atoms with Crippen LogP contribution in [0.4, 0.5) is 17.2 Å². The largest absolute Gasteiger partial charge is 0.340 e. The SMILES string of the molecule is Cc1nc(Nc2ccc(NC(=O)c3cc(Br)cs3)cc2)cc(-n2ccnc2)n1. The van der Waals surface area contributed by atoms with E-state index in [4.69, 9.17) is 0 Å². The average Bonchev–Trinajstić information content (AvgIpc) is 3.35. The lowest BCUT2D eigenvalue weighted by Crippen LogP contribution is -2.10. The number of halogens is 1. The van der Waals surface area contributed by atoms with Crippen LogP contribution in [0, 0.1) is 6.92 Å². The van der Waals surface area contributed by atoms with Crippen molar-refractivity contribution in [2.24, 2.45) is 0 Å². The number of aryl methyl sites for hydroxylation is 1. The van der Waals surface area contributed by atoms with Gasteiger partial charge in [-0.25, -0.2) is 15.0 Å². The number of imidazole rings is 1. The molecule has 0 fully saturated rings. The summed E-state index contributed by atoms with van der Waals surface area (Å²) in [6.45, 7) is 1.84. The van der Waals surface area contributed by atoms with Gasteiger partial charge in [-0.05, 0) is 53.2 Å². The Balaban J connectivity index is 1.47. The van der Waals surface area contributed by atoms with Gasteiger partial charge in [-0.2, -0.15) is 0 Å². The van der Waals surface area contributed by atoms with E-state index in [-0.39, 0.29) is 5.91 Å². The molecule has 0 aliphatic carbocycles. The third-order valence-electron chi connectivity index (χ3n) is 3.80. The Kier molecular flexibility index (Phi) is 5.18. The highest BCUT2D eigenvalue weighted by Crippen LogP contribution is 2.22. The van der Waals surface area contributed by atoms with Gasteiger partial charge in [-0.1, -0.05) is 0 Å². The predicted molar refractivity (Wildman–Crippen MR) is 114 cm³/mol. The second-order valence-electron chi connectivity index (χ2n) is 5.91. The first-order valence-electron chi connectivity index (χ1n) is 8.33. The lowest BCUT2D eigenvalue weighted by molar-refractivity contribution is 0.103. The van der Waals surface area contributed by atoms with Crippen LogP contribution in [0.3, 0.4) is 0 Å². The van der Waals surface area contributed by atoms with Crippen molar-refractivity contribution in [3.63, 3.8) is 0 Å². The molecule has 0 atom stereocenters. The van der Waals surface area contributed by atoms with Crippen molar-refractivity contribution in [3.8, 4) is 5.82 Å². The lowest BCUT2D eigenvalue weighted by atomic mass is 10.2. The van der Waals surface area contributed by atoms with Gasteiger partial charge in [-0.15, -0.1) is 11.3 Å². The molecule has 4 rings (SSSR count). The van der Waals surface area contributed by atoms with Crippen molar-refractivity contribution in [1.29, 1.82) is 0 Å². The first-order valence-corrected chi connectivity index (χ1v) is 10.0. The molecule has 28 heavy (non-hydrogen) atoms. The van der Waals surface area contributed by atoms with E-state index in [2.05, 4.69) is 41.5 Å². The number of anilines is 3. The Morgan fingerprint density at radius 3 is 2.61 bits per heavy atom. The molecule has 0 saturated carbocycles. The first kappa shape index (κ1) is 18.3. The van der Waals surface area contributed by atoms with Crippen LogP contribution in [-0.4, -0.2) is 25.4 Å². The zero-order valence-electron chi connectivity index (χ0n) is 14.8. The van der Waals surface area contributed by atoms with Gasteiger partial charge in [0.2, 0.25) is 0 Å². The van der Waals surface area contributed by atoms with Crippen LogP contribution in [0.15, 0.2) is 65.0 Å². The Morgan fingerprint density at radius 2 is 1.93 bits per heavy atom. The minimum Gasteiger partial charge on any atom is -0.340 e. The molecule has 4 aromatic rings. The number of nitrogens with one attached hydrogen (secondary N) is 2. The Labute approximate surface area is 173 Å². The van der Waals surface area contributed by atoms with Gasteiger partial charge in [0.15, 0.2) is 0 Å². The lowest BCUT2D eigenvalue weighted by Gasteiger charge is -2.10. The topological polar surface area (TPSA) is 84.7 Å². The maximum Gasteiger partial charge on any atom is 0.265 e. The van der Waals surface area contributed by atoms with E-state index in [0.29, 0.717) is 16.5 Å². The smallest absolute Gasteiger partial charge is 0.265 e. The Hall–Kier alpha value is -3.04. The summed E-state index contributed by atoms with van der Waals surface area (Å²) in [5.41, 5.74) is 1.57. The molecule has 0 bridgehead atoms. The number of nitrogens with zero attached hydrogens (tertiary/aromatic N) is 4.